The van der Waals surface area contributed by atoms with E-state index >= 15 is 0 Å². The summed E-state index contributed by atoms with van der Waals surface area (Å²) in [4.78, 5) is 0. The van der Waals surface area contributed by atoms with Crippen LogP contribution in [-0.4, -0.2) is 0 Å². The Morgan fingerprint density at radius 1 is 1.15 bits per heavy atom. The molecule has 0 heterocycles. The highest BCUT2D eigenvalue weighted by molar-refractivity contribution is 5.14. The topological polar surface area (TPSA) is 0 Å². The molecule has 4 aliphatic carbocycles. The van der Waals surface area contributed by atoms with E-state index in [0.29, 0.717) is 0 Å². The summed E-state index contributed by atoms with van der Waals surface area (Å²) in [5, 5.41) is 0. The molecule has 0 aliphatic heterocycles. The minimum absolute atomic E-state index is 0.763. The summed E-state index contributed by atoms with van der Waals surface area (Å²) in [7, 11) is 0. The molecule has 0 aromatic rings. The monoisotopic (exact) mass is 177 g/mol. The average molecular weight is 177 g/mol. The second-order valence-corrected chi connectivity index (χ2v) is 6.23. The maximum atomic E-state index is 2.45. The Morgan fingerprint density at radius 3 is 2.23 bits per heavy atom. The minimum atomic E-state index is 0.763. The van der Waals surface area contributed by atoms with E-state index in [9.17, 15) is 0 Å². The smallest absolute Gasteiger partial charge is 0.0621 e. The first-order valence-electron chi connectivity index (χ1n) is 6.01. The maximum absolute atomic E-state index is 2.45. The van der Waals surface area contributed by atoms with Crippen molar-refractivity contribution in [2.45, 2.75) is 52.4 Å². The van der Waals surface area contributed by atoms with E-state index in [1.807, 2.05) is 5.92 Å². The summed E-state index contributed by atoms with van der Waals surface area (Å²) in [5.41, 5.74) is 0.763. The molecule has 13 heavy (non-hydrogen) atoms. The van der Waals surface area contributed by atoms with Gasteiger partial charge in [-0.15, -0.1) is 0 Å². The van der Waals surface area contributed by atoms with Gasteiger partial charge < -0.3 is 0 Å². The highest BCUT2D eigenvalue weighted by atomic mass is 14.6. The SMILES string of the molecule is CC(C)C12C[C+]3C[C@H](C[C@H](C3)C1)C2. The van der Waals surface area contributed by atoms with Gasteiger partial charge in [-0.1, -0.05) is 13.8 Å². The molecule has 1 unspecified atom stereocenters. The maximum Gasteiger partial charge on any atom is 0.0959 e. The lowest BCUT2D eigenvalue weighted by Crippen LogP contribution is -2.47. The van der Waals surface area contributed by atoms with Crippen molar-refractivity contribution in [2.75, 3.05) is 0 Å². The lowest BCUT2D eigenvalue weighted by Gasteiger charge is -2.53. The van der Waals surface area contributed by atoms with Crippen LogP contribution in [0.5, 0.6) is 0 Å². The first-order chi connectivity index (χ1) is 6.18. The molecular formula is C13H21+. The van der Waals surface area contributed by atoms with Gasteiger partial charge in [0.25, 0.3) is 0 Å². The third-order valence-corrected chi connectivity index (χ3v) is 5.04. The van der Waals surface area contributed by atoms with Crippen molar-refractivity contribution in [1.82, 2.24) is 0 Å². The molecule has 4 saturated carbocycles. The predicted octanol–water partition coefficient (Wildman–Crippen LogP) is 3.82. The van der Waals surface area contributed by atoms with Gasteiger partial charge in [0.15, 0.2) is 0 Å². The zero-order chi connectivity index (χ0) is 9.05. The van der Waals surface area contributed by atoms with E-state index in [0.717, 1.165) is 23.2 Å². The van der Waals surface area contributed by atoms with E-state index in [4.69, 9.17) is 0 Å². The van der Waals surface area contributed by atoms with E-state index in [1.165, 1.54) is 19.3 Å². The molecule has 72 valence electrons. The van der Waals surface area contributed by atoms with Gasteiger partial charge in [-0.25, -0.2) is 0 Å². The Kier molecular flexibility index (Phi) is 1.55. The molecule has 0 amide bonds. The predicted molar refractivity (Wildman–Crippen MR) is 55.2 cm³/mol. The third-order valence-electron chi connectivity index (χ3n) is 5.04. The van der Waals surface area contributed by atoms with Crippen LogP contribution in [-0.2, 0) is 0 Å². The number of hydrogen-bond donors (Lipinski definition) is 0. The average Bonchev–Trinajstić information content (AvgIpc) is 2.00. The van der Waals surface area contributed by atoms with Crippen LogP contribution in [0.15, 0.2) is 0 Å². The molecule has 0 saturated heterocycles. The largest absolute Gasteiger partial charge is 0.0959 e. The summed E-state index contributed by atoms with van der Waals surface area (Å²) < 4.78 is 0. The molecule has 0 aromatic heterocycles. The molecule has 0 aromatic carbocycles. The van der Waals surface area contributed by atoms with E-state index in [2.05, 4.69) is 13.8 Å². The Bertz CT molecular complexity index is 179. The number of rotatable bonds is 1. The van der Waals surface area contributed by atoms with E-state index in [1.54, 1.807) is 19.3 Å². The molecule has 0 nitrogen and oxygen atoms in total. The van der Waals surface area contributed by atoms with Gasteiger partial charge in [-0.05, 0) is 25.2 Å². The highest BCUT2D eigenvalue weighted by Crippen LogP contribution is 2.63. The lowest BCUT2D eigenvalue weighted by molar-refractivity contribution is -0.0268. The summed E-state index contributed by atoms with van der Waals surface area (Å²) in [6.07, 6.45) is 9.20. The van der Waals surface area contributed by atoms with Gasteiger partial charge in [0.1, 0.15) is 0 Å². The van der Waals surface area contributed by atoms with Crippen molar-refractivity contribution in [3.05, 3.63) is 5.92 Å². The molecule has 0 spiro atoms. The van der Waals surface area contributed by atoms with Crippen LogP contribution < -0.4 is 0 Å². The van der Waals surface area contributed by atoms with E-state index < -0.39 is 0 Å². The second kappa shape index (κ2) is 2.46. The second-order valence-electron chi connectivity index (χ2n) is 6.23. The van der Waals surface area contributed by atoms with Crippen LogP contribution in [0, 0.1) is 29.1 Å². The van der Waals surface area contributed by atoms with Crippen molar-refractivity contribution in [3.8, 4) is 0 Å². The Balaban J connectivity index is 1.91. The first kappa shape index (κ1) is 8.20. The molecule has 0 radical (unpaired) electrons. The van der Waals surface area contributed by atoms with Crippen LogP contribution in [0.4, 0.5) is 0 Å². The first-order valence-corrected chi connectivity index (χ1v) is 6.01. The van der Waals surface area contributed by atoms with Gasteiger partial charge in [0.05, 0.1) is 25.2 Å². The lowest BCUT2D eigenvalue weighted by atomic mass is 9.47. The fourth-order valence-electron chi connectivity index (χ4n) is 4.54. The summed E-state index contributed by atoms with van der Waals surface area (Å²) in [5.74, 6) is 5.05. The fourth-order valence-corrected chi connectivity index (χ4v) is 4.54. The number of hydrogen-bond acceptors (Lipinski definition) is 0. The molecule has 4 bridgehead atoms. The van der Waals surface area contributed by atoms with Crippen molar-refractivity contribution in [3.63, 3.8) is 0 Å². The molecule has 3 atom stereocenters. The molecular weight excluding hydrogens is 156 g/mol. The van der Waals surface area contributed by atoms with Crippen LogP contribution in [0.3, 0.4) is 0 Å². The summed E-state index contributed by atoms with van der Waals surface area (Å²) >= 11 is 0. The minimum Gasteiger partial charge on any atom is -0.0621 e. The van der Waals surface area contributed by atoms with Gasteiger partial charge in [0, 0.05) is 17.3 Å². The van der Waals surface area contributed by atoms with Crippen molar-refractivity contribution >= 4 is 0 Å². The van der Waals surface area contributed by atoms with Crippen molar-refractivity contribution < 1.29 is 0 Å². The van der Waals surface area contributed by atoms with Crippen LogP contribution >= 0.6 is 0 Å². The van der Waals surface area contributed by atoms with Gasteiger partial charge in [-0.2, -0.15) is 0 Å². The third kappa shape index (κ3) is 1.07. The fraction of sp³-hybridized carbons (Fsp3) is 0.923. The van der Waals surface area contributed by atoms with Gasteiger partial charge >= 0.3 is 0 Å². The molecule has 4 aliphatic rings. The van der Waals surface area contributed by atoms with Crippen molar-refractivity contribution in [2.24, 2.45) is 23.2 Å². The normalized spacial score (nSPS) is 47.8. The molecule has 0 heteroatoms. The van der Waals surface area contributed by atoms with E-state index in [-0.39, 0.29) is 0 Å². The summed E-state index contributed by atoms with van der Waals surface area (Å²) in [6.45, 7) is 4.90. The Morgan fingerprint density at radius 2 is 1.77 bits per heavy atom. The molecule has 0 N–H and O–H groups in total. The van der Waals surface area contributed by atoms with Gasteiger partial charge in [0.2, 0.25) is 0 Å². The highest BCUT2D eigenvalue weighted by Gasteiger charge is 2.57. The quantitative estimate of drug-likeness (QED) is 0.534. The zero-order valence-corrected chi connectivity index (χ0v) is 8.97. The van der Waals surface area contributed by atoms with Crippen LogP contribution in [0.2, 0.25) is 0 Å². The van der Waals surface area contributed by atoms with Gasteiger partial charge in [-0.3, -0.25) is 0 Å². The van der Waals surface area contributed by atoms with Crippen LogP contribution in [0.1, 0.15) is 52.4 Å². The Hall–Kier alpha value is -0.130. The van der Waals surface area contributed by atoms with Crippen molar-refractivity contribution in [1.29, 1.82) is 0 Å². The zero-order valence-electron chi connectivity index (χ0n) is 8.97. The Labute approximate surface area is 82.1 Å². The summed E-state index contributed by atoms with van der Waals surface area (Å²) in [6, 6.07) is 0. The molecule has 4 fully saturated rings. The molecule has 4 rings (SSSR count). The standard InChI is InChI=1S/C13H21/c1-9(2)13-6-10-3-11(7-13)5-12(4-10)8-13/h9-11H,3-8H2,1-2H3/q+1/t10-,11+,13?. The van der Waals surface area contributed by atoms with Crippen LogP contribution in [0.25, 0.3) is 0 Å².